The Morgan fingerprint density at radius 1 is 1.02 bits per heavy atom. The minimum Gasteiger partial charge on any atom is -0.504 e. The Labute approximate surface area is 277 Å². The SMILES string of the molecule is CCCC/C=C(\CCC)c1ncnc(CC)c(N2CCN(C(=O)c3ncnc(C)c3O)CC2)c(=O)n(CC(=O)NCCNC(F)(F)F)[nH]1. The monoisotopic (exact) mass is 678 g/mol. The van der Waals surface area contributed by atoms with Crippen molar-refractivity contribution in [3.05, 3.63) is 52.0 Å². The fourth-order valence-corrected chi connectivity index (χ4v) is 5.10. The van der Waals surface area contributed by atoms with Crippen LogP contribution in [-0.2, 0) is 17.8 Å². The first-order valence-corrected chi connectivity index (χ1v) is 16.1. The third-order valence-electron chi connectivity index (χ3n) is 7.63. The fraction of sp³-hybridized carbons (Fsp3) is 0.581. The van der Waals surface area contributed by atoms with Gasteiger partial charge in [0.2, 0.25) is 5.91 Å². The van der Waals surface area contributed by atoms with Crippen molar-refractivity contribution < 1.29 is 27.9 Å². The number of amides is 2. The number of unbranched alkanes of at least 4 members (excludes halogenated alkanes) is 2. The van der Waals surface area contributed by atoms with Gasteiger partial charge in [0, 0.05) is 39.3 Å². The summed E-state index contributed by atoms with van der Waals surface area (Å²) in [5.74, 6) is -1.11. The highest BCUT2D eigenvalue weighted by molar-refractivity contribution is 5.95. The third-order valence-corrected chi connectivity index (χ3v) is 7.63. The van der Waals surface area contributed by atoms with Crippen LogP contribution in [0.15, 0.2) is 23.5 Å². The number of aryl methyl sites for hydroxylation is 2. The molecule has 0 bridgehead atoms. The summed E-state index contributed by atoms with van der Waals surface area (Å²) in [6.45, 7) is 6.94. The zero-order valence-corrected chi connectivity index (χ0v) is 27.9. The van der Waals surface area contributed by atoms with E-state index in [0.717, 1.165) is 35.9 Å². The van der Waals surface area contributed by atoms with E-state index in [1.54, 1.807) is 11.8 Å². The van der Waals surface area contributed by atoms with E-state index in [1.807, 2.05) is 19.9 Å². The number of nitrogens with one attached hydrogen (secondary N) is 3. The van der Waals surface area contributed by atoms with E-state index in [1.165, 1.54) is 22.9 Å². The molecule has 0 atom stereocenters. The quantitative estimate of drug-likeness (QED) is 0.172. The number of piperazine rings is 1. The number of carbonyl (C=O) groups is 2. The standard InChI is InChI=1S/C31H45F3N10O4/c1-5-8-9-11-22(10-6-2)28-39-20-37-23(7-3)26(30(48)44(41-28)18-24(45)35-12-13-40-31(32,33)34)42-14-16-43(17-15-42)29(47)25-27(46)21(4)36-19-38-25/h11,19-20,40,46H,5-10,12-18H2,1-4H3,(H,35,45)(H,37,39,41)/b22-11+,26-23?. The van der Waals surface area contributed by atoms with Crippen LogP contribution in [0.3, 0.4) is 0 Å². The van der Waals surface area contributed by atoms with Gasteiger partial charge in [0.15, 0.2) is 11.4 Å². The summed E-state index contributed by atoms with van der Waals surface area (Å²) in [5, 5.41) is 17.1. The van der Waals surface area contributed by atoms with Crippen molar-refractivity contribution in [3.8, 4) is 5.75 Å². The highest BCUT2D eigenvalue weighted by Gasteiger charge is 2.29. The number of aromatic nitrogens is 6. The number of H-pyrrole nitrogens is 1. The first-order valence-electron chi connectivity index (χ1n) is 16.1. The lowest BCUT2D eigenvalue weighted by molar-refractivity contribution is -0.156. The summed E-state index contributed by atoms with van der Waals surface area (Å²) >= 11 is 0. The Kier molecular flexibility index (Phi) is 14.3. The van der Waals surface area contributed by atoms with Crippen LogP contribution >= 0.6 is 0 Å². The molecule has 1 aliphatic heterocycles. The van der Waals surface area contributed by atoms with Crippen molar-refractivity contribution >= 4 is 23.1 Å². The number of anilines is 1. The second-order valence-corrected chi connectivity index (χ2v) is 11.2. The van der Waals surface area contributed by atoms with E-state index < -0.39 is 36.8 Å². The van der Waals surface area contributed by atoms with Crippen LogP contribution < -0.4 is 21.1 Å². The molecule has 3 rings (SSSR count). The maximum atomic E-state index is 14.4. The number of rotatable bonds is 14. The van der Waals surface area contributed by atoms with Crippen LogP contribution in [0.5, 0.6) is 5.75 Å². The molecular formula is C31H45F3N10O4. The van der Waals surface area contributed by atoms with Crippen LogP contribution in [0.1, 0.15) is 80.6 Å². The third kappa shape index (κ3) is 10.7. The van der Waals surface area contributed by atoms with Gasteiger partial charge in [-0.05, 0) is 31.8 Å². The fourth-order valence-electron chi connectivity index (χ4n) is 5.10. The number of hydrogen-bond donors (Lipinski definition) is 4. The van der Waals surface area contributed by atoms with Crippen molar-refractivity contribution in [2.45, 2.75) is 79.1 Å². The number of nitrogens with zero attached hydrogens (tertiary/aromatic N) is 7. The molecule has 0 spiro atoms. The van der Waals surface area contributed by atoms with Crippen molar-refractivity contribution in [1.82, 2.24) is 45.2 Å². The molecule has 2 amide bonds. The van der Waals surface area contributed by atoms with E-state index in [2.05, 4.69) is 37.3 Å². The molecule has 4 N–H and O–H groups in total. The Balaban J connectivity index is 2.04. The van der Waals surface area contributed by atoms with Crippen molar-refractivity contribution in [3.63, 3.8) is 0 Å². The lowest BCUT2D eigenvalue weighted by atomic mass is 10.1. The van der Waals surface area contributed by atoms with Gasteiger partial charge in [0.25, 0.3) is 11.5 Å². The molecule has 1 fully saturated rings. The van der Waals surface area contributed by atoms with E-state index >= 15 is 0 Å². The Morgan fingerprint density at radius 3 is 2.38 bits per heavy atom. The summed E-state index contributed by atoms with van der Waals surface area (Å²) in [6.07, 6.45) is 4.50. The number of hydrogen-bond acceptors (Lipinski definition) is 10. The Morgan fingerprint density at radius 2 is 1.73 bits per heavy atom. The normalized spacial score (nSPS) is 13.8. The molecule has 0 aliphatic carbocycles. The lowest BCUT2D eigenvalue weighted by Gasteiger charge is -2.36. The topological polar surface area (TPSA) is 174 Å². The predicted molar refractivity (Wildman–Crippen MR) is 174 cm³/mol. The molecule has 2 aromatic rings. The van der Waals surface area contributed by atoms with Crippen LogP contribution in [0.25, 0.3) is 5.57 Å². The van der Waals surface area contributed by atoms with Gasteiger partial charge in [-0.15, -0.1) is 0 Å². The zero-order chi connectivity index (χ0) is 35.3. The minimum atomic E-state index is -4.59. The molecule has 3 heterocycles. The minimum absolute atomic E-state index is 0.112. The van der Waals surface area contributed by atoms with Crippen molar-refractivity contribution in [1.29, 1.82) is 0 Å². The highest BCUT2D eigenvalue weighted by Crippen LogP contribution is 2.22. The smallest absolute Gasteiger partial charge is 0.457 e. The highest BCUT2D eigenvalue weighted by atomic mass is 19.4. The maximum absolute atomic E-state index is 14.4. The molecule has 14 nitrogen and oxygen atoms in total. The van der Waals surface area contributed by atoms with Crippen LogP contribution in [0, 0.1) is 6.92 Å². The predicted octanol–water partition coefficient (Wildman–Crippen LogP) is 3.02. The Hall–Kier alpha value is -4.54. The average molecular weight is 679 g/mol. The van der Waals surface area contributed by atoms with E-state index in [0.29, 0.717) is 24.4 Å². The van der Waals surface area contributed by atoms with Crippen LogP contribution in [-0.4, -0.2) is 97.1 Å². The van der Waals surface area contributed by atoms with Gasteiger partial charge >= 0.3 is 6.30 Å². The van der Waals surface area contributed by atoms with E-state index in [9.17, 15) is 32.7 Å². The van der Waals surface area contributed by atoms with Crippen molar-refractivity contribution in [2.75, 3.05) is 44.2 Å². The number of halogens is 3. The number of alkyl halides is 3. The first kappa shape index (κ1) is 37.9. The van der Waals surface area contributed by atoms with Gasteiger partial charge in [0.05, 0.1) is 11.4 Å². The molecular weight excluding hydrogens is 633 g/mol. The van der Waals surface area contributed by atoms with Gasteiger partial charge < -0.3 is 20.2 Å². The van der Waals surface area contributed by atoms with Crippen molar-refractivity contribution in [2.24, 2.45) is 0 Å². The number of carbonyl (C=O) groups excluding carboxylic acids is 2. The zero-order valence-electron chi connectivity index (χ0n) is 27.9. The largest absolute Gasteiger partial charge is 0.504 e. The summed E-state index contributed by atoms with van der Waals surface area (Å²) in [4.78, 5) is 60.7. The molecule has 0 unspecified atom stereocenters. The number of allylic oxidation sites excluding steroid dienone is 2. The summed E-state index contributed by atoms with van der Waals surface area (Å²) in [6, 6.07) is 0. The summed E-state index contributed by atoms with van der Waals surface area (Å²) < 4.78 is 38.7. The molecule has 0 radical (unpaired) electrons. The molecule has 17 heteroatoms. The molecule has 48 heavy (non-hydrogen) atoms. The molecule has 2 aromatic heterocycles. The van der Waals surface area contributed by atoms with Crippen LogP contribution in [0.4, 0.5) is 18.9 Å². The molecule has 264 valence electrons. The molecule has 0 saturated carbocycles. The number of aromatic amines is 1. The molecule has 1 saturated heterocycles. The summed E-state index contributed by atoms with van der Waals surface area (Å²) in [7, 11) is 0. The van der Waals surface area contributed by atoms with E-state index in [4.69, 9.17) is 0 Å². The first-order chi connectivity index (χ1) is 22.9. The molecule has 0 aromatic carbocycles. The van der Waals surface area contributed by atoms with Gasteiger partial charge in [-0.3, -0.25) is 19.5 Å². The van der Waals surface area contributed by atoms with Gasteiger partial charge in [-0.1, -0.05) is 46.1 Å². The Bertz CT molecular complexity index is 1550. The van der Waals surface area contributed by atoms with Gasteiger partial charge in [-0.25, -0.2) is 29.9 Å². The summed E-state index contributed by atoms with van der Waals surface area (Å²) in [5.41, 5.74) is 1.01. The van der Waals surface area contributed by atoms with Gasteiger partial charge in [-0.2, -0.15) is 13.2 Å². The van der Waals surface area contributed by atoms with E-state index in [-0.39, 0.29) is 55.5 Å². The second kappa shape index (κ2) is 18.1. The molecule has 1 aliphatic rings. The van der Waals surface area contributed by atoms with Gasteiger partial charge in [0.1, 0.15) is 30.7 Å². The number of aromatic hydroxyl groups is 1. The lowest BCUT2D eigenvalue weighted by Crippen LogP contribution is -2.51. The maximum Gasteiger partial charge on any atom is 0.457 e. The second-order valence-electron chi connectivity index (χ2n) is 11.2. The average Bonchev–Trinajstić information content (AvgIpc) is 3.11. The van der Waals surface area contributed by atoms with Crippen LogP contribution in [0.2, 0.25) is 0 Å².